The van der Waals surface area contributed by atoms with Crippen LogP contribution in [-0.4, -0.2) is 52.6 Å². The Balaban J connectivity index is 1.57. The van der Waals surface area contributed by atoms with E-state index in [1.165, 1.54) is 17.3 Å². The fraction of sp³-hybridized carbons (Fsp3) is 0.550. The van der Waals surface area contributed by atoms with E-state index in [1.807, 2.05) is 17.0 Å². The first kappa shape index (κ1) is 19.9. The second kappa shape index (κ2) is 8.44. The first-order chi connectivity index (χ1) is 12.9. The number of nitrogens with zero attached hydrogens (tertiary/aromatic N) is 3. The Morgan fingerprint density at radius 3 is 2.67 bits per heavy atom. The molecule has 1 aliphatic heterocycles. The molecule has 7 heteroatoms. The lowest BCUT2D eigenvalue weighted by Crippen LogP contribution is -2.46. The summed E-state index contributed by atoms with van der Waals surface area (Å²) in [6.07, 6.45) is 1.05. The molecule has 0 radical (unpaired) electrons. The van der Waals surface area contributed by atoms with Crippen LogP contribution >= 0.6 is 11.8 Å². The Bertz CT molecular complexity index is 768. The number of ether oxygens (including phenoxy) is 1. The summed E-state index contributed by atoms with van der Waals surface area (Å²) in [5.74, 6) is 0.847. The van der Waals surface area contributed by atoms with Gasteiger partial charge in [-0.2, -0.15) is 0 Å². The van der Waals surface area contributed by atoms with E-state index in [0.717, 1.165) is 12.0 Å². The molecular weight excluding hydrogens is 362 g/mol. The van der Waals surface area contributed by atoms with Crippen molar-refractivity contribution in [1.82, 2.24) is 15.1 Å². The van der Waals surface area contributed by atoms with Gasteiger partial charge >= 0.3 is 0 Å². The maximum Gasteiger partial charge on any atom is 0.277 e. The van der Waals surface area contributed by atoms with Crippen LogP contribution in [0.2, 0.25) is 0 Å². The highest BCUT2D eigenvalue weighted by Gasteiger charge is 2.23. The summed E-state index contributed by atoms with van der Waals surface area (Å²) in [7, 11) is 0. The minimum atomic E-state index is 0.0797. The number of thioether (sulfide) groups is 1. The Labute approximate surface area is 164 Å². The molecule has 0 N–H and O–H groups in total. The number of morpholine rings is 1. The third kappa shape index (κ3) is 5.11. The molecule has 27 heavy (non-hydrogen) atoms. The van der Waals surface area contributed by atoms with Gasteiger partial charge in [0, 0.05) is 18.7 Å². The van der Waals surface area contributed by atoms with E-state index in [4.69, 9.17) is 9.15 Å². The number of hydrogen-bond acceptors (Lipinski definition) is 6. The van der Waals surface area contributed by atoms with E-state index >= 15 is 0 Å². The van der Waals surface area contributed by atoms with Gasteiger partial charge in [0.25, 0.3) is 5.22 Å². The lowest BCUT2D eigenvalue weighted by molar-refractivity contribution is -0.135. The van der Waals surface area contributed by atoms with E-state index in [1.54, 1.807) is 0 Å². The lowest BCUT2D eigenvalue weighted by Gasteiger charge is -2.32. The topological polar surface area (TPSA) is 68.5 Å². The molecule has 1 atom stereocenters. The van der Waals surface area contributed by atoms with Crippen LogP contribution in [0.25, 0.3) is 11.5 Å². The average Bonchev–Trinajstić information content (AvgIpc) is 3.14. The van der Waals surface area contributed by atoms with E-state index in [9.17, 15) is 4.79 Å². The van der Waals surface area contributed by atoms with Gasteiger partial charge in [-0.25, -0.2) is 0 Å². The zero-order chi connectivity index (χ0) is 19.4. The molecule has 1 aromatic carbocycles. The number of carbonyl (C=O) groups excluding carboxylic acids is 1. The second-order valence-electron chi connectivity index (χ2n) is 7.73. The van der Waals surface area contributed by atoms with Gasteiger partial charge in [-0.1, -0.05) is 51.6 Å². The number of amides is 1. The lowest BCUT2D eigenvalue weighted by atomic mass is 9.87. The van der Waals surface area contributed by atoms with Crippen LogP contribution in [0.4, 0.5) is 0 Å². The third-order valence-electron chi connectivity index (χ3n) is 4.67. The predicted octanol–water partition coefficient (Wildman–Crippen LogP) is 3.76. The van der Waals surface area contributed by atoms with E-state index in [2.05, 4.69) is 50.0 Å². The highest BCUT2D eigenvalue weighted by molar-refractivity contribution is 7.99. The van der Waals surface area contributed by atoms with Crippen molar-refractivity contribution in [1.29, 1.82) is 0 Å². The predicted molar refractivity (Wildman–Crippen MR) is 106 cm³/mol. The molecule has 146 valence electrons. The molecule has 0 aliphatic carbocycles. The van der Waals surface area contributed by atoms with E-state index in [0.29, 0.717) is 36.6 Å². The molecule has 2 heterocycles. The summed E-state index contributed by atoms with van der Waals surface area (Å²) < 4.78 is 11.3. The van der Waals surface area contributed by atoms with Crippen LogP contribution < -0.4 is 0 Å². The molecule has 1 saturated heterocycles. The molecule has 1 unspecified atom stereocenters. The van der Waals surface area contributed by atoms with Gasteiger partial charge in [0.2, 0.25) is 11.8 Å². The largest absolute Gasteiger partial charge is 0.411 e. The van der Waals surface area contributed by atoms with Crippen molar-refractivity contribution >= 4 is 17.7 Å². The van der Waals surface area contributed by atoms with E-state index < -0.39 is 0 Å². The molecule has 1 aromatic heterocycles. The summed E-state index contributed by atoms with van der Waals surface area (Å²) in [5.41, 5.74) is 2.24. The van der Waals surface area contributed by atoms with Gasteiger partial charge in [0.05, 0.1) is 18.5 Å². The van der Waals surface area contributed by atoms with E-state index in [-0.39, 0.29) is 17.4 Å². The van der Waals surface area contributed by atoms with Crippen molar-refractivity contribution in [3.05, 3.63) is 29.8 Å². The van der Waals surface area contributed by atoms with Crippen molar-refractivity contribution in [2.24, 2.45) is 0 Å². The highest BCUT2D eigenvalue weighted by Crippen LogP contribution is 2.27. The monoisotopic (exact) mass is 389 g/mol. The van der Waals surface area contributed by atoms with Crippen LogP contribution in [0.3, 0.4) is 0 Å². The second-order valence-corrected chi connectivity index (χ2v) is 8.66. The van der Waals surface area contributed by atoms with Gasteiger partial charge in [-0.3, -0.25) is 4.79 Å². The van der Waals surface area contributed by atoms with Gasteiger partial charge < -0.3 is 14.1 Å². The van der Waals surface area contributed by atoms with Crippen molar-refractivity contribution < 1.29 is 13.9 Å². The SMILES string of the molecule is CCC1CN(C(=O)CSc2nnc(-c3ccc(C(C)(C)C)cc3)o2)CCO1. The third-order valence-corrected chi connectivity index (χ3v) is 5.47. The number of hydrogen-bond donors (Lipinski definition) is 0. The normalized spacial score (nSPS) is 17.9. The fourth-order valence-corrected chi connectivity index (χ4v) is 3.57. The van der Waals surface area contributed by atoms with Gasteiger partial charge in [-0.05, 0) is 29.5 Å². The summed E-state index contributed by atoms with van der Waals surface area (Å²) in [5, 5.41) is 8.59. The Morgan fingerprint density at radius 2 is 2.00 bits per heavy atom. The molecule has 0 bridgehead atoms. The van der Waals surface area contributed by atoms with Gasteiger partial charge in [-0.15, -0.1) is 10.2 Å². The Hall–Kier alpha value is -1.86. The zero-order valence-electron chi connectivity index (χ0n) is 16.4. The smallest absolute Gasteiger partial charge is 0.277 e. The molecule has 1 aliphatic rings. The number of rotatable bonds is 5. The number of aromatic nitrogens is 2. The summed E-state index contributed by atoms with van der Waals surface area (Å²) in [6.45, 7) is 10.5. The molecule has 3 rings (SSSR count). The standard InChI is InChI=1S/C20H27N3O3S/c1-5-16-12-23(10-11-25-16)17(24)13-27-19-22-21-18(26-19)14-6-8-15(9-7-14)20(2,3)4/h6-9,16H,5,10-13H2,1-4H3. The quantitative estimate of drug-likeness (QED) is 0.725. The average molecular weight is 390 g/mol. The molecule has 1 fully saturated rings. The molecule has 2 aromatic rings. The fourth-order valence-electron chi connectivity index (χ4n) is 2.91. The van der Waals surface area contributed by atoms with Crippen LogP contribution in [-0.2, 0) is 14.9 Å². The highest BCUT2D eigenvalue weighted by atomic mass is 32.2. The minimum absolute atomic E-state index is 0.0797. The van der Waals surface area contributed by atoms with Crippen LogP contribution in [0.5, 0.6) is 0 Å². The molecule has 6 nitrogen and oxygen atoms in total. The zero-order valence-corrected chi connectivity index (χ0v) is 17.2. The maximum atomic E-state index is 12.4. The molecule has 0 saturated carbocycles. The summed E-state index contributed by atoms with van der Waals surface area (Å²) >= 11 is 1.28. The number of benzene rings is 1. The van der Waals surface area contributed by atoms with Crippen LogP contribution in [0.15, 0.2) is 33.9 Å². The number of carbonyl (C=O) groups is 1. The Kier molecular flexibility index (Phi) is 6.22. The minimum Gasteiger partial charge on any atom is -0.411 e. The maximum absolute atomic E-state index is 12.4. The van der Waals surface area contributed by atoms with Crippen LogP contribution in [0, 0.1) is 0 Å². The Morgan fingerprint density at radius 1 is 1.26 bits per heavy atom. The van der Waals surface area contributed by atoms with Crippen molar-refractivity contribution in [2.75, 3.05) is 25.4 Å². The van der Waals surface area contributed by atoms with Crippen molar-refractivity contribution in [3.8, 4) is 11.5 Å². The summed E-state index contributed by atoms with van der Waals surface area (Å²) in [4.78, 5) is 14.3. The first-order valence-corrected chi connectivity index (χ1v) is 10.3. The van der Waals surface area contributed by atoms with Crippen LogP contribution in [0.1, 0.15) is 39.7 Å². The molecule has 0 spiro atoms. The molecular formula is C20H27N3O3S. The van der Waals surface area contributed by atoms with Gasteiger partial charge in [0.15, 0.2) is 0 Å². The van der Waals surface area contributed by atoms with Gasteiger partial charge in [0.1, 0.15) is 0 Å². The summed E-state index contributed by atoms with van der Waals surface area (Å²) in [6, 6.07) is 8.15. The van der Waals surface area contributed by atoms with Crippen molar-refractivity contribution in [2.45, 2.75) is 50.9 Å². The first-order valence-electron chi connectivity index (χ1n) is 9.33. The van der Waals surface area contributed by atoms with Crippen molar-refractivity contribution in [3.63, 3.8) is 0 Å². The molecule has 1 amide bonds.